The molecule has 0 aromatic carbocycles. The Hall–Kier alpha value is -0.613. The van der Waals surface area contributed by atoms with Crippen molar-refractivity contribution < 1.29 is 14.0 Å². The molecule has 0 aromatic heterocycles. The van der Waals surface area contributed by atoms with E-state index in [2.05, 4.69) is 13.1 Å². The van der Waals surface area contributed by atoms with Gasteiger partial charge in [-0.2, -0.15) is 0 Å². The van der Waals surface area contributed by atoms with Crippen LogP contribution in [0.4, 0.5) is 0 Å². The minimum atomic E-state index is -1.66. The second kappa shape index (κ2) is 4.06. The number of carbonyl (C=O) groups excluding carboxylic acids is 1. The Kier molecular flexibility index (Phi) is 3.27. The summed E-state index contributed by atoms with van der Waals surface area (Å²) in [4.78, 5) is 10.9. The molecule has 1 heterocycles. The van der Waals surface area contributed by atoms with Crippen molar-refractivity contribution in [1.82, 2.24) is 0 Å². The van der Waals surface area contributed by atoms with E-state index in [1.807, 2.05) is 6.08 Å². The maximum Gasteiger partial charge on any atom is 0.330 e. The van der Waals surface area contributed by atoms with E-state index in [1.165, 1.54) is 6.08 Å². The molecule has 1 atom stereocenters. The van der Waals surface area contributed by atoms with Crippen LogP contribution < -0.4 is 0 Å². The molecule has 0 spiro atoms. The zero-order valence-electron chi connectivity index (χ0n) is 8.37. The Morgan fingerprint density at radius 1 is 1.62 bits per heavy atom. The largest absolute Gasteiger partial charge is 0.463 e. The van der Waals surface area contributed by atoms with E-state index in [0.717, 1.165) is 6.42 Å². The summed E-state index contributed by atoms with van der Waals surface area (Å²) in [6.45, 7) is 4.81. The van der Waals surface area contributed by atoms with Crippen molar-refractivity contribution in [3.8, 4) is 0 Å². The lowest BCUT2D eigenvalue weighted by Crippen LogP contribution is -2.34. The van der Waals surface area contributed by atoms with Crippen LogP contribution in [0.15, 0.2) is 12.2 Å². The van der Waals surface area contributed by atoms with Gasteiger partial charge in [0.1, 0.15) is 0 Å². The van der Waals surface area contributed by atoms with Crippen LogP contribution in [0.3, 0.4) is 0 Å². The fourth-order valence-corrected chi connectivity index (χ4v) is 3.03. The normalized spacial score (nSPS) is 23.9. The average molecular weight is 200 g/mol. The first kappa shape index (κ1) is 10.5. The number of cyclic esters (lactones) is 1. The topological polar surface area (TPSA) is 35.5 Å². The fourth-order valence-electron chi connectivity index (χ4n) is 1.36. The van der Waals surface area contributed by atoms with Crippen LogP contribution >= 0.6 is 0 Å². The van der Waals surface area contributed by atoms with Gasteiger partial charge in [-0.05, 0) is 25.1 Å². The summed E-state index contributed by atoms with van der Waals surface area (Å²) in [5.41, 5.74) is 0.379. The van der Waals surface area contributed by atoms with Gasteiger partial charge < -0.3 is 9.16 Å². The SMILES string of the molecule is CO[Si](C)(C)C1C=CC(=O)OCC1. The van der Waals surface area contributed by atoms with Crippen molar-refractivity contribution in [1.29, 1.82) is 0 Å². The molecule has 0 amide bonds. The maximum absolute atomic E-state index is 10.9. The molecule has 4 heteroatoms. The Balaban J connectivity index is 2.70. The van der Waals surface area contributed by atoms with Gasteiger partial charge in [-0.1, -0.05) is 6.08 Å². The standard InChI is InChI=1S/C9H16O3Si/c1-11-13(2,3)8-4-5-9(10)12-7-6-8/h4-5,8H,6-7H2,1-3H3. The summed E-state index contributed by atoms with van der Waals surface area (Å²) < 4.78 is 10.4. The predicted molar refractivity (Wildman–Crippen MR) is 53.0 cm³/mol. The third-order valence-electron chi connectivity index (χ3n) is 2.56. The highest BCUT2D eigenvalue weighted by Crippen LogP contribution is 2.28. The first-order valence-electron chi connectivity index (χ1n) is 4.46. The van der Waals surface area contributed by atoms with Gasteiger partial charge in [-0.3, -0.25) is 0 Å². The van der Waals surface area contributed by atoms with Gasteiger partial charge in [0.05, 0.1) is 6.61 Å². The summed E-state index contributed by atoms with van der Waals surface area (Å²) in [7, 11) is 0.0864. The number of allylic oxidation sites excluding steroid dienone is 1. The van der Waals surface area contributed by atoms with Crippen LogP contribution in [0, 0.1) is 0 Å². The molecule has 1 unspecified atom stereocenters. The number of rotatable bonds is 2. The third-order valence-corrected chi connectivity index (χ3v) is 5.88. The van der Waals surface area contributed by atoms with Crippen molar-refractivity contribution >= 4 is 14.3 Å². The lowest BCUT2D eigenvalue weighted by Gasteiger charge is -2.27. The van der Waals surface area contributed by atoms with Crippen LogP contribution in [0.25, 0.3) is 0 Å². The molecule has 0 saturated carbocycles. The first-order chi connectivity index (χ1) is 6.06. The van der Waals surface area contributed by atoms with Crippen LogP contribution in [0.5, 0.6) is 0 Å². The molecule has 0 aliphatic carbocycles. The Morgan fingerprint density at radius 2 is 2.31 bits per heavy atom. The molecule has 74 valence electrons. The van der Waals surface area contributed by atoms with Gasteiger partial charge in [0.2, 0.25) is 0 Å². The monoisotopic (exact) mass is 200 g/mol. The van der Waals surface area contributed by atoms with Crippen molar-refractivity contribution in [3.63, 3.8) is 0 Å². The van der Waals surface area contributed by atoms with Crippen molar-refractivity contribution in [3.05, 3.63) is 12.2 Å². The van der Waals surface area contributed by atoms with E-state index >= 15 is 0 Å². The highest BCUT2D eigenvalue weighted by atomic mass is 28.4. The van der Waals surface area contributed by atoms with E-state index in [0.29, 0.717) is 12.1 Å². The summed E-state index contributed by atoms with van der Waals surface area (Å²) >= 11 is 0. The Bertz CT molecular complexity index is 223. The van der Waals surface area contributed by atoms with Gasteiger partial charge >= 0.3 is 5.97 Å². The number of hydrogen-bond donors (Lipinski definition) is 0. The molecule has 0 fully saturated rings. The quantitative estimate of drug-likeness (QED) is 0.503. The zero-order valence-corrected chi connectivity index (χ0v) is 9.37. The first-order valence-corrected chi connectivity index (χ1v) is 7.45. The van der Waals surface area contributed by atoms with E-state index in [1.54, 1.807) is 7.11 Å². The van der Waals surface area contributed by atoms with E-state index in [-0.39, 0.29) is 5.97 Å². The average Bonchev–Trinajstić information content (AvgIpc) is 2.30. The van der Waals surface area contributed by atoms with Crippen molar-refractivity contribution in [2.75, 3.05) is 13.7 Å². The summed E-state index contributed by atoms with van der Waals surface area (Å²) in [6.07, 6.45) is 4.34. The molecule has 3 nitrogen and oxygen atoms in total. The van der Waals surface area contributed by atoms with Crippen LogP contribution in [0.1, 0.15) is 6.42 Å². The van der Waals surface area contributed by atoms with Gasteiger partial charge in [0.25, 0.3) is 0 Å². The highest BCUT2D eigenvalue weighted by molar-refractivity contribution is 6.73. The predicted octanol–water partition coefficient (Wildman–Crippen LogP) is 1.71. The van der Waals surface area contributed by atoms with Gasteiger partial charge in [0.15, 0.2) is 8.32 Å². The number of ether oxygens (including phenoxy) is 1. The van der Waals surface area contributed by atoms with Crippen LogP contribution in [-0.2, 0) is 14.0 Å². The lowest BCUT2D eigenvalue weighted by molar-refractivity contribution is -0.137. The third kappa shape index (κ3) is 2.67. The second-order valence-corrected chi connectivity index (χ2v) is 8.09. The minimum Gasteiger partial charge on any atom is -0.463 e. The Labute approximate surface area is 79.9 Å². The number of hydrogen-bond acceptors (Lipinski definition) is 3. The summed E-state index contributed by atoms with van der Waals surface area (Å²) in [5, 5.41) is 0. The van der Waals surface area contributed by atoms with Gasteiger partial charge in [-0.15, -0.1) is 0 Å². The summed E-state index contributed by atoms with van der Waals surface area (Å²) in [6, 6.07) is 0. The molecule has 1 rings (SSSR count). The van der Waals surface area contributed by atoms with E-state index < -0.39 is 8.32 Å². The number of esters is 1. The molecule has 0 saturated heterocycles. The smallest absolute Gasteiger partial charge is 0.330 e. The van der Waals surface area contributed by atoms with Crippen LogP contribution in [-0.4, -0.2) is 28.0 Å². The molecule has 1 aliphatic heterocycles. The molecule has 13 heavy (non-hydrogen) atoms. The highest BCUT2D eigenvalue weighted by Gasteiger charge is 2.31. The van der Waals surface area contributed by atoms with Crippen molar-refractivity contribution in [2.24, 2.45) is 0 Å². The lowest BCUT2D eigenvalue weighted by atomic mass is 10.3. The molecular formula is C9H16O3Si. The molecule has 1 aliphatic rings. The molecule has 0 radical (unpaired) electrons. The maximum atomic E-state index is 10.9. The van der Waals surface area contributed by atoms with Crippen LogP contribution in [0.2, 0.25) is 18.6 Å². The van der Waals surface area contributed by atoms with Gasteiger partial charge in [0, 0.05) is 13.2 Å². The number of carbonyl (C=O) groups is 1. The van der Waals surface area contributed by atoms with E-state index in [9.17, 15) is 4.79 Å². The van der Waals surface area contributed by atoms with Crippen molar-refractivity contribution in [2.45, 2.75) is 25.1 Å². The molecule has 0 N–H and O–H groups in total. The van der Waals surface area contributed by atoms with Gasteiger partial charge in [-0.25, -0.2) is 4.79 Å². The molecule has 0 bridgehead atoms. The molecule has 0 aromatic rings. The molecular weight excluding hydrogens is 184 g/mol. The zero-order chi connectivity index (χ0) is 9.90. The second-order valence-electron chi connectivity index (χ2n) is 3.73. The Morgan fingerprint density at radius 3 is 2.92 bits per heavy atom. The van der Waals surface area contributed by atoms with E-state index in [4.69, 9.17) is 9.16 Å². The fraction of sp³-hybridized carbons (Fsp3) is 0.667. The minimum absolute atomic E-state index is 0.233. The summed E-state index contributed by atoms with van der Waals surface area (Å²) in [5.74, 6) is -0.233.